The van der Waals surface area contributed by atoms with Crippen LogP contribution in [0.3, 0.4) is 0 Å². The fourth-order valence-electron chi connectivity index (χ4n) is 4.97. The lowest BCUT2D eigenvalue weighted by atomic mass is 9.87. The molecule has 3 heterocycles. The Bertz CT molecular complexity index is 1630. The van der Waals surface area contributed by atoms with Gasteiger partial charge in [0.1, 0.15) is 0 Å². The molecule has 0 spiro atoms. The Morgan fingerprint density at radius 3 is 2.27 bits per heavy atom. The van der Waals surface area contributed by atoms with E-state index >= 15 is 0 Å². The summed E-state index contributed by atoms with van der Waals surface area (Å²) in [6.45, 7) is 11.1. The molecule has 37 heavy (non-hydrogen) atoms. The lowest BCUT2D eigenvalue weighted by Crippen LogP contribution is -2.30. The number of rotatable bonds is 5. The van der Waals surface area contributed by atoms with E-state index < -0.39 is 7.26 Å². The molecule has 0 aliphatic rings. The summed E-state index contributed by atoms with van der Waals surface area (Å²) in [5.74, 6) is 0. The minimum Gasteiger partial charge on any atom is -0.269 e. The Morgan fingerprint density at radius 2 is 1.51 bits per heavy atom. The zero-order valence-corrected chi connectivity index (χ0v) is 23.2. The molecular formula is C33H34N2OP+. The van der Waals surface area contributed by atoms with Crippen molar-refractivity contribution >= 4 is 18.2 Å². The van der Waals surface area contributed by atoms with Crippen LogP contribution in [0.1, 0.15) is 31.9 Å². The van der Waals surface area contributed by atoms with Crippen molar-refractivity contribution in [3.63, 3.8) is 0 Å². The van der Waals surface area contributed by atoms with Crippen LogP contribution in [-0.4, -0.2) is 22.7 Å². The zero-order chi connectivity index (χ0) is 26.2. The van der Waals surface area contributed by atoms with E-state index in [1.54, 1.807) is 0 Å². The van der Waals surface area contributed by atoms with E-state index in [1.165, 1.54) is 11.1 Å². The molecule has 0 aliphatic carbocycles. The number of benzene rings is 2. The molecule has 3 aromatic heterocycles. The number of nitrogens with zero attached hydrogens (tertiary/aromatic N) is 2. The van der Waals surface area contributed by atoms with Gasteiger partial charge in [-0.3, -0.25) is 9.78 Å². The van der Waals surface area contributed by atoms with E-state index in [9.17, 15) is 4.79 Å². The summed E-state index contributed by atoms with van der Waals surface area (Å²) in [7, 11) is -1.73. The van der Waals surface area contributed by atoms with Crippen molar-refractivity contribution in [3.8, 4) is 22.4 Å². The molecule has 0 unspecified atom stereocenters. The number of aromatic nitrogens is 2. The summed E-state index contributed by atoms with van der Waals surface area (Å²) in [4.78, 5) is 18.1. The second kappa shape index (κ2) is 9.72. The van der Waals surface area contributed by atoms with Crippen LogP contribution in [0.15, 0.2) is 108 Å². The highest BCUT2D eigenvalue weighted by Gasteiger charge is 2.33. The fourth-order valence-corrected chi connectivity index (χ4v) is 7.51. The zero-order valence-electron chi connectivity index (χ0n) is 22.3. The minimum absolute atomic E-state index is 0.0524. The van der Waals surface area contributed by atoms with Gasteiger partial charge in [0.25, 0.3) is 5.56 Å². The molecule has 0 saturated carbocycles. The van der Waals surface area contributed by atoms with Crippen molar-refractivity contribution in [1.29, 1.82) is 0 Å². The highest BCUT2D eigenvalue weighted by atomic mass is 31.2. The number of fused-ring (bicyclic) bond motifs is 1. The van der Waals surface area contributed by atoms with Gasteiger partial charge in [0.2, 0.25) is 0 Å². The third-order valence-corrected chi connectivity index (χ3v) is 9.74. The molecule has 186 valence electrons. The lowest BCUT2D eigenvalue weighted by Gasteiger charge is -2.23. The monoisotopic (exact) mass is 505 g/mol. The number of hydrogen-bond donors (Lipinski definition) is 0. The van der Waals surface area contributed by atoms with Crippen LogP contribution in [0.2, 0.25) is 0 Å². The first-order valence-corrected chi connectivity index (χ1v) is 15.6. The summed E-state index contributed by atoms with van der Waals surface area (Å²) < 4.78 is 1.93. The first-order valence-electron chi connectivity index (χ1n) is 12.7. The second-order valence-corrected chi connectivity index (χ2v) is 15.4. The Balaban J connectivity index is 1.56. The summed E-state index contributed by atoms with van der Waals surface area (Å²) in [5, 5.41) is 0. The summed E-state index contributed by atoms with van der Waals surface area (Å²) >= 11 is 0. The summed E-state index contributed by atoms with van der Waals surface area (Å²) in [6, 6.07) is 33.5. The Hall–Kier alpha value is -3.55. The van der Waals surface area contributed by atoms with Crippen LogP contribution in [0.5, 0.6) is 0 Å². The van der Waals surface area contributed by atoms with Gasteiger partial charge in [0.05, 0.1) is 38.0 Å². The van der Waals surface area contributed by atoms with Crippen molar-refractivity contribution in [3.05, 3.63) is 125 Å². The van der Waals surface area contributed by atoms with E-state index in [0.29, 0.717) is 0 Å². The first-order chi connectivity index (χ1) is 17.6. The normalized spacial score (nSPS) is 12.1. The highest BCUT2D eigenvalue weighted by molar-refractivity contribution is 7.80. The van der Waals surface area contributed by atoms with Gasteiger partial charge in [-0.2, -0.15) is 0 Å². The van der Waals surface area contributed by atoms with Crippen molar-refractivity contribution < 1.29 is 0 Å². The molecular weight excluding hydrogens is 471 g/mol. The molecule has 0 bridgehead atoms. The molecule has 5 rings (SSSR count). The maximum absolute atomic E-state index is 13.4. The van der Waals surface area contributed by atoms with Gasteiger partial charge in [-0.1, -0.05) is 81.4 Å². The Morgan fingerprint density at radius 1 is 0.784 bits per heavy atom. The summed E-state index contributed by atoms with van der Waals surface area (Å²) in [5.41, 5.74) is 8.86. The Kier molecular flexibility index (Phi) is 6.60. The van der Waals surface area contributed by atoms with Gasteiger partial charge >= 0.3 is 0 Å². The molecule has 0 aliphatic heterocycles. The molecule has 5 aromatic rings. The van der Waals surface area contributed by atoms with E-state index in [2.05, 4.69) is 113 Å². The van der Waals surface area contributed by atoms with E-state index in [-0.39, 0.29) is 11.0 Å². The molecule has 2 aromatic carbocycles. The lowest BCUT2D eigenvalue weighted by molar-refractivity contribution is 0.589. The minimum atomic E-state index is -1.73. The number of hydrogen-bond acceptors (Lipinski definition) is 2. The predicted molar refractivity (Wildman–Crippen MR) is 160 cm³/mol. The van der Waals surface area contributed by atoms with Crippen molar-refractivity contribution in [2.24, 2.45) is 0 Å². The van der Waals surface area contributed by atoms with E-state index in [1.807, 2.05) is 28.8 Å². The number of pyridine rings is 3. The quantitative estimate of drug-likeness (QED) is 0.233. The average Bonchev–Trinajstić information content (AvgIpc) is 2.88. The molecule has 0 radical (unpaired) electrons. The smallest absolute Gasteiger partial charge is 0.258 e. The molecule has 0 atom stereocenters. The average molecular weight is 506 g/mol. The topological polar surface area (TPSA) is 34.4 Å². The summed E-state index contributed by atoms with van der Waals surface area (Å²) in [6.07, 6.45) is 2.78. The van der Waals surface area contributed by atoms with Gasteiger partial charge in [-0.15, -0.1) is 0 Å². The van der Waals surface area contributed by atoms with Crippen LogP contribution in [0.25, 0.3) is 27.9 Å². The van der Waals surface area contributed by atoms with Crippen molar-refractivity contribution in [1.82, 2.24) is 9.38 Å². The van der Waals surface area contributed by atoms with Gasteiger partial charge in [0, 0.05) is 17.8 Å². The highest BCUT2D eigenvalue weighted by Crippen LogP contribution is 2.54. The molecule has 0 N–H and O–H groups in total. The van der Waals surface area contributed by atoms with Crippen LogP contribution >= 0.6 is 7.26 Å². The molecule has 0 saturated heterocycles. The SMILES string of the molecule is CC(C)(C)c1cc(=O)n2c([P+](C)(C)Cc3ccccc3-c3cc(-c4ccccc4)ccn3)cccc2c1. The van der Waals surface area contributed by atoms with E-state index in [4.69, 9.17) is 4.98 Å². The molecule has 0 fully saturated rings. The molecule has 4 heteroatoms. The van der Waals surface area contributed by atoms with E-state index in [0.717, 1.165) is 39.5 Å². The largest absolute Gasteiger partial charge is 0.269 e. The van der Waals surface area contributed by atoms with Gasteiger partial charge in [-0.05, 0) is 58.0 Å². The third kappa shape index (κ3) is 5.15. The van der Waals surface area contributed by atoms with Crippen LogP contribution < -0.4 is 11.0 Å². The maximum atomic E-state index is 13.4. The molecule has 0 amide bonds. The van der Waals surface area contributed by atoms with Gasteiger partial charge in [-0.25, -0.2) is 4.40 Å². The predicted octanol–water partition coefficient (Wildman–Crippen LogP) is 7.43. The fraction of sp³-hybridized carbons (Fsp3) is 0.212. The van der Waals surface area contributed by atoms with Crippen LogP contribution in [0.4, 0.5) is 0 Å². The second-order valence-electron chi connectivity index (χ2n) is 11.3. The van der Waals surface area contributed by atoms with Crippen molar-refractivity contribution in [2.75, 3.05) is 13.3 Å². The Labute approximate surface area is 220 Å². The standard InChI is InChI=1S/C33H34N2OP/c1-33(2,3)27-21-28-15-11-17-32(35(28)31(36)22-27)37(4,5)23-26-14-9-10-16-29(26)30-20-25(18-19-34-30)24-12-7-6-8-13-24/h6-22H,23H2,1-5H3/q+1. The van der Waals surface area contributed by atoms with Gasteiger partial charge in [0.15, 0.2) is 5.44 Å². The van der Waals surface area contributed by atoms with Crippen molar-refractivity contribution in [2.45, 2.75) is 32.3 Å². The molecule has 3 nitrogen and oxygen atoms in total. The van der Waals surface area contributed by atoms with Gasteiger partial charge < -0.3 is 0 Å². The third-order valence-electron chi connectivity index (χ3n) is 7.01. The maximum Gasteiger partial charge on any atom is 0.258 e. The van der Waals surface area contributed by atoms with Crippen LogP contribution in [-0.2, 0) is 11.6 Å². The van der Waals surface area contributed by atoms with Crippen LogP contribution in [0, 0.1) is 0 Å². The first kappa shape index (κ1) is 25.1.